The van der Waals surface area contributed by atoms with Crippen LogP contribution in [0.1, 0.15) is 5.56 Å². The molecule has 0 radical (unpaired) electrons. The van der Waals surface area contributed by atoms with Crippen LogP contribution in [0.2, 0.25) is 0 Å². The number of benzene rings is 2. The van der Waals surface area contributed by atoms with E-state index in [1.165, 1.54) is 22.3 Å². The maximum Gasteiger partial charge on any atom is 0.305 e. The van der Waals surface area contributed by atoms with Gasteiger partial charge >= 0.3 is 4.87 Å². The molecule has 0 saturated carbocycles. The van der Waals surface area contributed by atoms with Gasteiger partial charge in [-0.1, -0.05) is 46.9 Å². The van der Waals surface area contributed by atoms with Crippen molar-refractivity contribution in [1.29, 1.82) is 0 Å². The topological polar surface area (TPSA) is 99.6 Å². The highest BCUT2D eigenvalue weighted by atomic mass is 32.1. The van der Waals surface area contributed by atoms with E-state index < -0.39 is 0 Å². The van der Waals surface area contributed by atoms with Crippen molar-refractivity contribution in [3.05, 3.63) is 70.1 Å². The van der Waals surface area contributed by atoms with E-state index in [9.17, 15) is 4.79 Å². The number of hydrogen-bond acceptors (Lipinski definition) is 6. The smallest absolute Gasteiger partial charge is 0.305 e. The molecule has 0 aliphatic heterocycles. The number of H-pyrrole nitrogens is 2. The van der Waals surface area contributed by atoms with Gasteiger partial charge in [0.25, 0.3) is 0 Å². The third kappa shape index (κ3) is 3.69. The molecule has 1 unspecified atom stereocenters. The van der Waals surface area contributed by atoms with Crippen LogP contribution in [0.5, 0.6) is 0 Å². The van der Waals surface area contributed by atoms with Crippen molar-refractivity contribution in [3.63, 3.8) is 0 Å². The van der Waals surface area contributed by atoms with Gasteiger partial charge in [0.05, 0.1) is 15.1 Å². The molecule has 0 amide bonds. The second kappa shape index (κ2) is 7.47. The molecular weight excluding hydrogens is 402 g/mol. The van der Waals surface area contributed by atoms with Gasteiger partial charge in [-0.05, 0) is 35.7 Å². The Morgan fingerprint density at radius 1 is 1.14 bits per heavy atom. The number of aromatic amines is 2. The van der Waals surface area contributed by atoms with E-state index in [1.807, 2.05) is 42.7 Å². The highest BCUT2D eigenvalue weighted by molar-refractivity contribution is 7.19. The number of nitrogens with two attached hydrogens (primary N) is 1. The summed E-state index contributed by atoms with van der Waals surface area (Å²) in [5.74, 6) is 0. The summed E-state index contributed by atoms with van der Waals surface area (Å²) in [5, 5.41) is 5.42. The predicted octanol–water partition coefficient (Wildman–Crippen LogP) is 4.18. The second-order valence-electron chi connectivity index (χ2n) is 6.96. The van der Waals surface area contributed by atoms with Crippen molar-refractivity contribution in [2.24, 2.45) is 5.73 Å². The van der Waals surface area contributed by atoms with Crippen LogP contribution >= 0.6 is 22.7 Å². The van der Waals surface area contributed by atoms with Crippen LogP contribution in [0, 0.1) is 0 Å². The largest absolute Gasteiger partial charge is 0.361 e. The molecule has 6 nitrogen and oxygen atoms in total. The molecule has 146 valence electrons. The number of nitrogens with one attached hydrogen (secondary N) is 3. The highest BCUT2D eigenvalue weighted by Gasteiger charge is 2.11. The number of fused-ring (bicyclic) bond motifs is 2. The monoisotopic (exact) mass is 421 g/mol. The van der Waals surface area contributed by atoms with Gasteiger partial charge in [0.2, 0.25) is 0 Å². The van der Waals surface area contributed by atoms with Crippen molar-refractivity contribution in [2.45, 2.75) is 12.5 Å². The molecule has 8 heteroatoms. The van der Waals surface area contributed by atoms with Gasteiger partial charge in [-0.3, -0.25) is 4.79 Å². The van der Waals surface area contributed by atoms with E-state index in [-0.39, 0.29) is 10.9 Å². The number of thiazole rings is 2. The molecule has 5 rings (SSSR count). The zero-order valence-corrected chi connectivity index (χ0v) is 17.1. The molecule has 1 atom stereocenters. The lowest BCUT2D eigenvalue weighted by Gasteiger charge is -2.11. The van der Waals surface area contributed by atoms with Crippen LogP contribution in [0.3, 0.4) is 0 Å². The second-order valence-corrected chi connectivity index (χ2v) is 9.01. The first-order chi connectivity index (χ1) is 14.2. The minimum absolute atomic E-state index is 0.0185. The quantitative estimate of drug-likeness (QED) is 0.330. The molecule has 0 aliphatic rings. The van der Waals surface area contributed by atoms with Gasteiger partial charge in [0, 0.05) is 35.9 Å². The summed E-state index contributed by atoms with van der Waals surface area (Å²) in [5.41, 5.74) is 10.6. The Bertz CT molecular complexity index is 1350. The van der Waals surface area contributed by atoms with Gasteiger partial charge in [0.15, 0.2) is 5.13 Å². The lowest BCUT2D eigenvalue weighted by atomic mass is 10.1. The van der Waals surface area contributed by atoms with Crippen LogP contribution in [-0.4, -0.2) is 27.5 Å². The molecule has 29 heavy (non-hydrogen) atoms. The number of nitrogens with zero attached hydrogens (tertiary/aromatic N) is 1. The van der Waals surface area contributed by atoms with Crippen LogP contribution < -0.4 is 15.9 Å². The Kier molecular flexibility index (Phi) is 4.67. The van der Waals surface area contributed by atoms with E-state index in [4.69, 9.17) is 5.73 Å². The Hall–Kier alpha value is -2.94. The lowest BCUT2D eigenvalue weighted by Crippen LogP contribution is -2.31. The minimum Gasteiger partial charge on any atom is -0.361 e. The molecule has 0 fully saturated rings. The van der Waals surface area contributed by atoms with Gasteiger partial charge in [-0.2, -0.15) is 0 Å². The molecule has 3 aromatic heterocycles. The molecule has 0 saturated heterocycles. The van der Waals surface area contributed by atoms with E-state index in [0.717, 1.165) is 37.7 Å². The number of rotatable bonds is 6. The van der Waals surface area contributed by atoms with Crippen molar-refractivity contribution >= 4 is 48.9 Å². The first kappa shape index (κ1) is 18.1. The van der Waals surface area contributed by atoms with Crippen LogP contribution in [0.15, 0.2) is 59.7 Å². The average Bonchev–Trinajstić information content (AvgIpc) is 3.44. The summed E-state index contributed by atoms with van der Waals surface area (Å²) in [6, 6.07) is 14.2. The average molecular weight is 422 g/mol. The maximum absolute atomic E-state index is 11.5. The molecule has 5 N–H and O–H groups in total. The fraction of sp³-hybridized carbons (Fsp3) is 0.143. The molecule has 2 aromatic carbocycles. The van der Waals surface area contributed by atoms with Crippen LogP contribution in [-0.2, 0) is 6.42 Å². The fourth-order valence-corrected chi connectivity index (χ4v) is 5.06. The molecular formula is C21H19N5OS2. The lowest BCUT2D eigenvalue weighted by molar-refractivity contribution is 0.702. The molecule has 3 heterocycles. The first-order valence-electron chi connectivity index (χ1n) is 9.29. The maximum atomic E-state index is 11.5. The summed E-state index contributed by atoms with van der Waals surface area (Å²) in [6.07, 6.45) is 4.69. The number of para-hydroxylation sites is 1. The van der Waals surface area contributed by atoms with Gasteiger partial charge < -0.3 is 21.0 Å². The fourth-order valence-electron chi connectivity index (χ4n) is 3.46. The summed E-state index contributed by atoms with van der Waals surface area (Å²) in [7, 11) is 0. The predicted molar refractivity (Wildman–Crippen MR) is 122 cm³/mol. The van der Waals surface area contributed by atoms with E-state index in [0.29, 0.717) is 6.54 Å². The summed E-state index contributed by atoms with van der Waals surface area (Å²) < 4.78 is 0.955. The Labute approximate surface area is 174 Å². The van der Waals surface area contributed by atoms with Crippen molar-refractivity contribution in [2.75, 3.05) is 11.9 Å². The standard InChI is InChI=1S/C21H19N5OS2/c22-14(7-13-9-23-16-4-2-1-3-15(13)16)10-24-20-25-11-19(28-20)12-5-6-17-18(8-12)29-21(27)26-17/h1-6,8-9,11,14,23H,7,10,22H2,(H,24,25)(H,26,27). The Morgan fingerprint density at radius 2 is 2.03 bits per heavy atom. The van der Waals surface area contributed by atoms with Gasteiger partial charge in [-0.25, -0.2) is 4.98 Å². The highest BCUT2D eigenvalue weighted by Crippen LogP contribution is 2.31. The Balaban J connectivity index is 1.25. The van der Waals surface area contributed by atoms with Crippen molar-refractivity contribution in [1.82, 2.24) is 15.0 Å². The van der Waals surface area contributed by atoms with E-state index in [2.05, 4.69) is 32.4 Å². The zero-order chi connectivity index (χ0) is 19.8. The molecule has 0 bridgehead atoms. The van der Waals surface area contributed by atoms with E-state index >= 15 is 0 Å². The van der Waals surface area contributed by atoms with Crippen LogP contribution in [0.25, 0.3) is 31.6 Å². The molecule has 0 spiro atoms. The van der Waals surface area contributed by atoms with Gasteiger partial charge in [-0.15, -0.1) is 0 Å². The summed E-state index contributed by atoms with van der Waals surface area (Å²) in [4.78, 5) is 23.1. The van der Waals surface area contributed by atoms with Gasteiger partial charge in [0.1, 0.15) is 0 Å². The van der Waals surface area contributed by atoms with Crippen molar-refractivity contribution < 1.29 is 0 Å². The minimum atomic E-state index is -0.0343. The van der Waals surface area contributed by atoms with E-state index in [1.54, 1.807) is 11.3 Å². The Morgan fingerprint density at radius 3 is 2.97 bits per heavy atom. The number of anilines is 1. The molecule has 0 aliphatic carbocycles. The summed E-state index contributed by atoms with van der Waals surface area (Å²) >= 11 is 2.81. The third-order valence-corrected chi connectivity index (χ3v) is 6.73. The van der Waals surface area contributed by atoms with Crippen molar-refractivity contribution in [3.8, 4) is 10.4 Å². The normalized spacial score (nSPS) is 12.6. The zero-order valence-electron chi connectivity index (χ0n) is 15.4. The number of aromatic nitrogens is 3. The SMILES string of the molecule is NC(CNc1ncc(-c2ccc3[nH]c(=O)sc3c2)s1)Cc1c[nH]c2ccccc12. The molecule has 5 aromatic rings. The first-order valence-corrected chi connectivity index (χ1v) is 10.9. The third-order valence-electron chi connectivity index (χ3n) is 4.88. The number of hydrogen-bond donors (Lipinski definition) is 4. The summed E-state index contributed by atoms with van der Waals surface area (Å²) in [6.45, 7) is 0.644. The van der Waals surface area contributed by atoms with Crippen LogP contribution in [0.4, 0.5) is 5.13 Å².